The van der Waals surface area contributed by atoms with Gasteiger partial charge in [0.15, 0.2) is 9.84 Å². The van der Waals surface area contributed by atoms with Crippen molar-refractivity contribution in [1.29, 1.82) is 0 Å². The van der Waals surface area contributed by atoms with Crippen molar-refractivity contribution in [2.24, 2.45) is 5.92 Å². The second kappa shape index (κ2) is 6.26. The van der Waals surface area contributed by atoms with Gasteiger partial charge in [-0.1, -0.05) is 19.9 Å². The fraction of sp³-hybridized carbons (Fsp3) is 0.643. The fourth-order valence-corrected chi connectivity index (χ4v) is 4.91. The van der Waals surface area contributed by atoms with Crippen molar-refractivity contribution in [3.05, 3.63) is 22.4 Å². The molecule has 6 heteroatoms. The first kappa shape index (κ1) is 15.5. The van der Waals surface area contributed by atoms with E-state index in [1.807, 2.05) is 31.4 Å². The van der Waals surface area contributed by atoms with E-state index in [0.717, 1.165) is 4.88 Å². The van der Waals surface area contributed by atoms with Crippen LogP contribution in [0.3, 0.4) is 0 Å². The molecule has 4 nitrogen and oxygen atoms in total. The van der Waals surface area contributed by atoms with Crippen LogP contribution < -0.4 is 0 Å². The van der Waals surface area contributed by atoms with Gasteiger partial charge in [-0.3, -0.25) is 4.79 Å². The van der Waals surface area contributed by atoms with E-state index in [-0.39, 0.29) is 29.4 Å². The molecule has 1 atom stereocenters. The van der Waals surface area contributed by atoms with E-state index in [0.29, 0.717) is 19.4 Å². The van der Waals surface area contributed by atoms with E-state index >= 15 is 0 Å². The predicted molar refractivity (Wildman–Crippen MR) is 81.4 cm³/mol. The first-order chi connectivity index (χ1) is 9.37. The number of nitrogens with zero attached hydrogens (tertiary/aromatic N) is 1. The number of hydrogen-bond acceptors (Lipinski definition) is 4. The minimum absolute atomic E-state index is 0.0653. The molecule has 0 saturated carbocycles. The molecule has 1 aliphatic heterocycles. The molecule has 2 heterocycles. The van der Waals surface area contributed by atoms with Crippen molar-refractivity contribution in [1.82, 2.24) is 4.90 Å². The van der Waals surface area contributed by atoms with Gasteiger partial charge in [0.25, 0.3) is 0 Å². The van der Waals surface area contributed by atoms with Crippen molar-refractivity contribution in [3.63, 3.8) is 0 Å². The molecule has 20 heavy (non-hydrogen) atoms. The molecule has 0 spiro atoms. The summed E-state index contributed by atoms with van der Waals surface area (Å²) >= 11 is 1.60. The van der Waals surface area contributed by atoms with Gasteiger partial charge < -0.3 is 4.90 Å². The van der Waals surface area contributed by atoms with Gasteiger partial charge in [0, 0.05) is 17.3 Å². The molecule has 2 rings (SSSR count). The Morgan fingerprint density at radius 2 is 2.25 bits per heavy atom. The van der Waals surface area contributed by atoms with Crippen molar-refractivity contribution in [2.45, 2.75) is 39.3 Å². The Morgan fingerprint density at radius 3 is 2.75 bits per heavy atom. The summed E-state index contributed by atoms with van der Waals surface area (Å²) in [5.74, 6) is 0.664. The Labute approximate surface area is 124 Å². The van der Waals surface area contributed by atoms with Gasteiger partial charge in [-0.25, -0.2) is 8.42 Å². The predicted octanol–water partition coefficient (Wildman–Crippen LogP) is 2.31. The van der Waals surface area contributed by atoms with Crippen molar-refractivity contribution in [3.8, 4) is 0 Å². The number of carbonyl (C=O) groups excluding carboxylic acids is 1. The quantitative estimate of drug-likeness (QED) is 0.838. The minimum atomic E-state index is -2.97. The molecule has 0 radical (unpaired) electrons. The molecule has 0 aliphatic carbocycles. The first-order valence-corrected chi connectivity index (χ1v) is 9.60. The second-order valence-corrected chi connectivity index (χ2v) is 9.02. The molecule has 0 bridgehead atoms. The molecule has 1 aromatic rings. The summed E-state index contributed by atoms with van der Waals surface area (Å²) in [4.78, 5) is 15.3. The van der Waals surface area contributed by atoms with Crippen LogP contribution in [0, 0.1) is 5.92 Å². The lowest BCUT2D eigenvalue weighted by Crippen LogP contribution is -2.40. The molecule has 0 N–H and O–H groups in total. The lowest BCUT2D eigenvalue weighted by molar-refractivity contribution is -0.134. The van der Waals surface area contributed by atoms with Crippen LogP contribution in [-0.4, -0.2) is 36.8 Å². The Kier molecular flexibility index (Phi) is 4.86. The van der Waals surface area contributed by atoms with Crippen LogP contribution in [0.1, 0.15) is 31.6 Å². The second-order valence-electron chi connectivity index (χ2n) is 5.76. The highest BCUT2D eigenvalue weighted by Crippen LogP contribution is 2.23. The van der Waals surface area contributed by atoms with Crippen molar-refractivity contribution < 1.29 is 13.2 Å². The number of rotatable bonds is 5. The third-order valence-electron chi connectivity index (χ3n) is 3.46. The maximum Gasteiger partial charge on any atom is 0.223 e. The number of carbonyl (C=O) groups is 1. The van der Waals surface area contributed by atoms with E-state index in [1.54, 1.807) is 16.2 Å². The Hall–Kier alpha value is -0.880. The zero-order chi connectivity index (χ0) is 14.8. The largest absolute Gasteiger partial charge is 0.334 e. The first-order valence-electron chi connectivity index (χ1n) is 6.89. The summed E-state index contributed by atoms with van der Waals surface area (Å²) in [5, 5.41) is 1.98. The molecule has 1 saturated heterocycles. The summed E-state index contributed by atoms with van der Waals surface area (Å²) < 4.78 is 23.3. The molecular formula is C14H21NO3S2. The van der Waals surface area contributed by atoms with Crippen LogP contribution in [0.4, 0.5) is 0 Å². The van der Waals surface area contributed by atoms with E-state index in [4.69, 9.17) is 0 Å². The van der Waals surface area contributed by atoms with E-state index in [9.17, 15) is 13.2 Å². The SMILES string of the molecule is CC(C)CC(=O)N(Cc1cccs1)C1CCS(=O)(=O)C1. The lowest BCUT2D eigenvalue weighted by Gasteiger charge is -2.28. The van der Waals surface area contributed by atoms with Gasteiger partial charge in [-0.2, -0.15) is 0 Å². The van der Waals surface area contributed by atoms with Crippen LogP contribution in [0.5, 0.6) is 0 Å². The van der Waals surface area contributed by atoms with Crippen LogP contribution in [0.2, 0.25) is 0 Å². The molecular weight excluding hydrogens is 294 g/mol. The smallest absolute Gasteiger partial charge is 0.223 e. The number of thiophene rings is 1. The summed E-state index contributed by atoms with van der Waals surface area (Å²) in [6, 6.07) is 3.79. The maximum atomic E-state index is 12.4. The highest BCUT2D eigenvalue weighted by atomic mass is 32.2. The van der Waals surface area contributed by atoms with E-state index in [1.165, 1.54) is 0 Å². The summed E-state index contributed by atoms with van der Waals surface area (Å²) in [6.45, 7) is 4.54. The standard InChI is InChI=1S/C14H21NO3S2/c1-11(2)8-14(16)15(9-13-4-3-6-19-13)12-5-7-20(17,18)10-12/h3-4,6,11-12H,5,7-10H2,1-2H3. The molecule has 1 fully saturated rings. The molecule has 1 amide bonds. The van der Waals surface area contributed by atoms with Gasteiger partial charge in [0.2, 0.25) is 5.91 Å². The third kappa shape index (κ3) is 4.06. The maximum absolute atomic E-state index is 12.4. The average molecular weight is 315 g/mol. The van der Waals surface area contributed by atoms with Gasteiger partial charge in [-0.15, -0.1) is 11.3 Å². The normalized spacial score (nSPS) is 21.2. The molecule has 112 valence electrons. The molecule has 1 aromatic heterocycles. The van der Waals surface area contributed by atoms with Crippen LogP contribution in [0.25, 0.3) is 0 Å². The summed E-state index contributed by atoms with van der Waals surface area (Å²) in [5.41, 5.74) is 0. The van der Waals surface area contributed by atoms with Gasteiger partial charge in [-0.05, 0) is 23.8 Å². The number of amides is 1. The molecule has 1 unspecified atom stereocenters. The summed E-state index contributed by atoms with van der Waals surface area (Å²) in [7, 11) is -2.97. The third-order valence-corrected chi connectivity index (χ3v) is 6.07. The Balaban J connectivity index is 2.13. The van der Waals surface area contributed by atoms with E-state index < -0.39 is 9.84 Å². The Bertz CT molecular complexity index is 549. The highest BCUT2D eigenvalue weighted by molar-refractivity contribution is 7.91. The fourth-order valence-electron chi connectivity index (χ4n) is 2.48. The van der Waals surface area contributed by atoms with Crippen molar-refractivity contribution in [2.75, 3.05) is 11.5 Å². The average Bonchev–Trinajstić information content (AvgIpc) is 2.94. The number of sulfone groups is 1. The van der Waals surface area contributed by atoms with Crippen LogP contribution >= 0.6 is 11.3 Å². The van der Waals surface area contributed by atoms with E-state index in [2.05, 4.69) is 0 Å². The topological polar surface area (TPSA) is 54.5 Å². The van der Waals surface area contributed by atoms with Gasteiger partial charge >= 0.3 is 0 Å². The molecule has 0 aromatic carbocycles. The Morgan fingerprint density at radius 1 is 1.50 bits per heavy atom. The van der Waals surface area contributed by atoms with Crippen LogP contribution in [-0.2, 0) is 21.2 Å². The molecule has 1 aliphatic rings. The zero-order valence-electron chi connectivity index (χ0n) is 11.9. The summed E-state index contributed by atoms with van der Waals surface area (Å²) in [6.07, 6.45) is 1.04. The van der Waals surface area contributed by atoms with Gasteiger partial charge in [0.1, 0.15) is 0 Å². The lowest BCUT2D eigenvalue weighted by atomic mass is 10.1. The zero-order valence-corrected chi connectivity index (χ0v) is 13.5. The highest BCUT2D eigenvalue weighted by Gasteiger charge is 2.34. The van der Waals surface area contributed by atoms with Crippen molar-refractivity contribution >= 4 is 27.1 Å². The monoisotopic (exact) mass is 315 g/mol. The van der Waals surface area contributed by atoms with Crippen LogP contribution in [0.15, 0.2) is 17.5 Å². The minimum Gasteiger partial charge on any atom is -0.334 e. The number of hydrogen-bond donors (Lipinski definition) is 0. The van der Waals surface area contributed by atoms with Gasteiger partial charge in [0.05, 0.1) is 18.1 Å².